The second-order valence-electron chi connectivity index (χ2n) is 3.57. The first-order valence-electron chi connectivity index (χ1n) is 4.52. The lowest BCUT2D eigenvalue weighted by atomic mass is 9.50. The standard InChI is InChI=1S/C9H18BN/c1-5-6-8(2)9(3,7-11)10-4/h8,10H,5-6H2,1-4H3. The van der Waals surface area contributed by atoms with Crippen LogP contribution in [0.4, 0.5) is 0 Å². The molecule has 2 heteroatoms. The number of hydrogen-bond donors (Lipinski definition) is 0. The maximum Gasteiger partial charge on any atom is 0.143 e. The molecule has 0 aromatic carbocycles. The van der Waals surface area contributed by atoms with Gasteiger partial charge in [-0.05, 0) is 5.92 Å². The molecule has 0 rings (SSSR count). The molecule has 2 unspecified atom stereocenters. The Labute approximate surface area is 71.0 Å². The molecule has 11 heavy (non-hydrogen) atoms. The maximum atomic E-state index is 8.93. The molecule has 0 aliphatic heterocycles. The van der Waals surface area contributed by atoms with Crippen molar-refractivity contribution in [1.29, 1.82) is 5.26 Å². The van der Waals surface area contributed by atoms with Gasteiger partial charge in [0.15, 0.2) is 0 Å². The first-order chi connectivity index (χ1) is 5.10. The zero-order valence-electron chi connectivity index (χ0n) is 8.15. The van der Waals surface area contributed by atoms with Gasteiger partial charge in [0.05, 0.1) is 6.07 Å². The van der Waals surface area contributed by atoms with Crippen LogP contribution in [0.2, 0.25) is 12.1 Å². The van der Waals surface area contributed by atoms with Gasteiger partial charge in [-0.2, -0.15) is 5.26 Å². The normalized spacial score (nSPS) is 18.1. The van der Waals surface area contributed by atoms with Gasteiger partial charge in [0, 0.05) is 5.31 Å². The summed E-state index contributed by atoms with van der Waals surface area (Å²) in [5.41, 5.74) is 0. The monoisotopic (exact) mass is 151 g/mol. The van der Waals surface area contributed by atoms with E-state index in [-0.39, 0.29) is 5.31 Å². The lowest BCUT2D eigenvalue weighted by molar-refractivity contribution is 0.444. The molecule has 0 bridgehead atoms. The first-order valence-corrected chi connectivity index (χ1v) is 4.52. The highest BCUT2D eigenvalue weighted by molar-refractivity contribution is 6.39. The molecule has 0 heterocycles. The predicted octanol–water partition coefficient (Wildman–Crippen LogP) is 2.61. The van der Waals surface area contributed by atoms with Crippen molar-refractivity contribution in [3.05, 3.63) is 0 Å². The molecule has 0 saturated carbocycles. The zero-order valence-corrected chi connectivity index (χ0v) is 8.15. The van der Waals surface area contributed by atoms with Crippen molar-refractivity contribution in [2.75, 3.05) is 0 Å². The zero-order chi connectivity index (χ0) is 8.91. The maximum absolute atomic E-state index is 8.93. The number of nitrogens with zero attached hydrogens (tertiary/aromatic N) is 1. The van der Waals surface area contributed by atoms with Crippen LogP contribution in [0.5, 0.6) is 0 Å². The van der Waals surface area contributed by atoms with Gasteiger partial charge in [0.2, 0.25) is 0 Å². The number of rotatable bonds is 4. The van der Waals surface area contributed by atoms with Crippen molar-refractivity contribution in [3.8, 4) is 6.07 Å². The van der Waals surface area contributed by atoms with Crippen LogP contribution < -0.4 is 0 Å². The highest BCUT2D eigenvalue weighted by Gasteiger charge is 2.28. The lowest BCUT2D eigenvalue weighted by Crippen LogP contribution is -2.21. The number of nitriles is 1. The van der Waals surface area contributed by atoms with E-state index in [9.17, 15) is 0 Å². The largest absolute Gasteiger partial charge is 0.199 e. The Morgan fingerprint density at radius 3 is 2.45 bits per heavy atom. The van der Waals surface area contributed by atoms with Crippen LogP contribution in [0.1, 0.15) is 33.6 Å². The van der Waals surface area contributed by atoms with Crippen LogP contribution in [-0.2, 0) is 0 Å². The predicted molar refractivity (Wildman–Crippen MR) is 51.1 cm³/mol. The van der Waals surface area contributed by atoms with Crippen LogP contribution in [0.3, 0.4) is 0 Å². The Morgan fingerprint density at radius 2 is 2.18 bits per heavy atom. The van der Waals surface area contributed by atoms with Crippen LogP contribution in [0.25, 0.3) is 0 Å². The van der Waals surface area contributed by atoms with Crippen molar-refractivity contribution >= 4 is 7.28 Å². The van der Waals surface area contributed by atoms with E-state index < -0.39 is 0 Å². The van der Waals surface area contributed by atoms with Crippen molar-refractivity contribution in [2.24, 2.45) is 5.92 Å². The molecular weight excluding hydrogens is 133 g/mol. The van der Waals surface area contributed by atoms with Crippen molar-refractivity contribution in [2.45, 2.75) is 45.8 Å². The van der Waals surface area contributed by atoms with Crippen LogP contribution >= 0.6 is 0 Å². The minimum atomic E-state index is -0.101. The van der Waals surface area contributed by atoms with Gasteiger partial charge >= 0.3 is 0 Å². The van der Waals surface area contributed by atoms with E-state index in [4.69, 9.17) is 5.26 Å². The fraction of sp³-hybridized carbons (Fsp3) is 0.889. The lowest BCUT2D eigenvalue weighted by Gasteiger charge is -2.26. The molecule has 0 amide bonds. The molecule has 62 valence electrons. The first kappa shape index (κ1) is 10.6. The molecule has 0 N–H and O–H groups in total. The Morgan fingerprint density at radius 1 is 1.64 bits per heavy atom. The molecule has 2 atom stereocenters. The quantitative estimate of drug-likeness (QED) is 0.566. The summed E-state index contributed by atoms with van der Waals surface area (Å²) in [6.07, 6.45) is 2.34. The van der Waals surface area contributed by atoms with Gasteiger partial charge in [0.1, 0.15) is 7.28 Å². The molecule has 0 aromatic rings. The van der Waals surface area contributed by atoms with Gasteiger partial charge in [-0.1, -0.05) is 40.4 Å². The minimum absolute atomic E-state index is 0.101. The second-order valence-corrected chi connectivity index (χ2v) is 3.57. The van der Waals surface area contributed by atoms with E-state index in [1.807, 2.05) is 0 Å². The Kier molecular flexibility index (Phi) is 4.26. The summed E-state index contributed by atoms with van der Waals surface area (Å²) in [5, 5.41) is 8.83. The van der Waals surface area contributed by atoms with Crippen molar-refractivity contribution in [3.63, 3.8) is 0 Å². The smallest absolute Gasteiger partial charge is 0.143 e. The van der Waals surface area contributed by atoms with Gasteiger partial charge in [-0.3, -0.25) is 0 Å². The van der Waals surface area contributed by atoms with E-state index in [0.717, 1.165) is 13.7 Å². The molecular formula is C9H18BN. The second kappa shape index (κ2) is 4.44. The van der Waals surface area contributed by atoms with Crippen LogP contribution in [0, 0.1) is 17.2 Å². The van der Waals surface area contributed by atoms with E-state index in [2.05, 4.69) is 33.7 Å². The minimum Gasteiger partial charge on any atom is -0.199 e. The fourth-order valence-corrected chi connectivity index (χ4v) is 1.29. The van der Waals surface area contributed by atoms with Crippen molar-refractivity contribution < 1.29 is 0 Å². The summed E-state index contributed by atoms with van der Waals surface area (Å²) in [4.78, 5) is 0. The third-order valence-corrected chi connectivity index (χ3v) is 2.80. The molecule has 0 radical (unpaired) electrons. The van der Waals surface area contributed by atoms with E-state index >= 15 is 0 Å². The number of hydrogen-bond acceptors (Lipinski definition) is 1. The summed E-state index contributed by atoms with van der Waals surface area (Å²) in [6, 6.07) is 2.41. The fourth-order valence-electron chi connectivity index (χ4n) is 1.29. The molecule has 0 aliphatic carbocycles. The average molecular weight is 151 g/mol. The summed E-state index contributed by atoms with van der Waals surface area (Å²) in [7, 11) is 0.963. The molecule has 1 nitrogen and oxygen atoms in total. The van der Waals surface area contributed by atoms with Gasteiger partial charge < -0.3 is 0 Å². The summed E-state index contributed by atoms with van der Waals surface area (Å²) in [6.45, 7) is 8.50. The van der Waals surface area contributed by atoms with Gasteiger partial charge in [0.25, 0.3) is 0 Å². The van der Waals surface area contributed by atoms with Crippen molar-refractivity contribution in [1.82, 2.24) is 0 Å². The average Bonchev–Trinajstić information content (AvgIpc) is 2.03. The summed E-state index contributed by atoms with van der Waals surface area (Å²) in [5.74, 6) is 0.530. The van der Waals surface area contributed by atoms with E-state index in [1.54, 1.807) is 0 Å². The Balaban J connectivity index is 4.15. The highest BCUT2D eigenvalue weighted by Crippen LogP contribution is 2.35. The van der Waals surface area contributed by atoms with Crippen LogP contribution in [0.15, 0.2) is 0 Å². The molecule has 0 aromatic heterocycles. The molecule has 0 fully saturated rings. The van der Waals surface area contributed by atoms with E-state index in [1.165, 1.54) is 6.42 Å². The van der Waals surface area contributed by atoms with Gasteiger partial charge in [-0.15, -0.1) is 0 Å². The summed E-state index contributed by atoms with van der Waals surface area (Å²) >= 11 is 0. The van der Waals surface area contributed by atoms with Crippen LogP contribution in [-0.4, -0.2) is 7.28 Å². The molecule has 0 aliphatic rings. The Bertz CT molecular complexity index is 150. The highest BCUT2D eigenvalue weighted by atomic mass is 14.3. The third-order valence-electron chi connectivity index (χ3n) is 2.80. The third kappa shape index (κ3) is 2.57. The van der Waals surface area contributed by atoms with Gasteiger partial charge in [-0.25, -0.2) is 0 Å². The van der Waals surface area contributed by atoms with E-state index in [0.29, 0.717) is 5.92 Å². The SMILES string of the molecule is CBC(C)(C#N)C(C)CCC. The molecule has 0 saturated heterocycles. The topological polar surface area (TPSA) is 23.8 Å². The summed E-state index contributed by atoms with van der Waals surface area (Å²) < 4.78 is 0. The Hall–Kier alpha value is -0.445. The molecule has 0 spiro atoms.